The summed E-state index contributed by atoms with van der Waals surface area (Å²) in [5.41, 5.74) is 4.55. The van der Waals surface area contributed by atoms with Crippen molar-refractivity contribution in [3.05, 3.63) is 84.0 Å². The van der Waals surface area contributed by atoms with Gasteiger partial charge >= 0.3 is 0 Å². The highest BCUT2D eigenvalue weighted by Crippen LogP contribution is 2.24. The van der Waals surface area contributed by atoms with Crippen molar-refractivity contribution in [1.82, 2.24) is 14.9 Å². The molecule has 0 saturated carbocycles. The number of para-hydroxylation sites is 2. The van der Waals surface area contributed by atoms with Gasteiger partial charge in [0.15, 0.2) is 6.10 Å². The van der Waals surface area contributed by atoms with Crippen molar-refractivity contribution in [2.45, 2.75) is 13.0 Å². The van der Waals surface area contributed by atoms with Crippen LogP contribution in [-0.2, 0) is 4.79 Å². The number of aromatic nitrogens is 2. The number of piperazine rings is 1. The number of amides is 1. The molecule has 172 valence electrons. The van der Waals surface area contributed by atoms with Crippen LogP contribution in [0.15, 0.2) is 79.0 Å². The Morgan fingerprint density at radius 1 is 0.941 bits per heavy atom. The van der Waals surface area contributed by atoms with Gasteiger partial charge in [-0.3, -0.25) is 9.78 Å². The van der Waals surface area contributed by atoms with E-state index < -0.39 is 6.10 Å². The average Bonchev–Trinajstić information content (AvgIpc) is 2.88. The van der Waals surface area contributed by atoms with Crippen LogP contribution >= 0.6 is 11.6 Å². The summed E-state index contributed by atoms with van der Waals surface area (Å²) < 4.78 is 5.96. The maximum absolute atomic E-state index is 13.0. The van der Waals surface area contributed by atoms with E-state index in [1.54, 1.807) is 13.1 Å². The minimum Gasteiger partial charge on any atom is -0.481 e. The summed E-state index contributed by atoms with van der Waals surface area (Å²) in [7, 11) is 0. The number of rotatable bonds is 5. The van der Waals surface area contributed by atoms with Crippen molar-refractivity contribution in [3.8, 4) is 17.0 Å². The molecule has 1 aromatic heterocycles. The molecule has 0 radical (unpaired) electrons. The lowest BCUT2D eigenvalue weighted by Gasteiger charge is -2.37. The molecule has 1 saturated heterocycles. The second kappa shape index (κ2) is 9.69. The van der Waals surface area contributed by atoms with E-state index in [4.69, 9.17) is 16.3 Å². The molecule has 1 atom stereocenters. The first-order chi connectivity index (χ1) is 16.6. The van der Waals surface area contributed by atoms with Crippen molar-refractivity contribution in [2.24, 2.45) is 0 Å². The van der Waals surface area contributed by atoms with Crippen LogP contribution < -0.4 is 9.64 Å². The zero-order valence-corrected chi connectivity index (χ0v) is 19.7. The molecule has 0 aliphatic carbocycles. The fraction of sp³-hybridized carbons (Fsp3) is 0.222. The molecule has 1 amide bonds. The maximum Gasteiger partial charge on any atom is 0.263 e. The van der Waals surface area contributed by atoms with E-state index in [9.17, 15) is 4.79 Å². The van der Waals surface area contributed by atoms with E-state index in [0.29, 0.717) is 18.8 Å². The summed E-state index contributed by atoms with van der Waals surface area (Å²) >= 11 is 6.12. The Bertz CT molecular complexity index is 1300. The first kappa shape index (κ1) is 22.2. The third-order valence-electron chi connectivity index (χ3n) is 6.02. The van der Waals surface area contributed by atoms with Crippen LogP contribution in [0, 0.1) is 0 Å². The highest BCUT2D eigenvalue weighted by atomic mass is 35.5. The largest absolute Gasteiger partial charge is 0.481 e. The summed E-state index contributed by atoms with van der Waals surface area (Å²) in [4.78, 5) is 26.2. The third kappa shape index (κ3) is 4.82. The van der Waals surface area contributed by atoms with Crippen LogP contribution in [0.25, 0.3) is 22.3 Å². The Hall–Kier alpha value is -3.64. The summed E-state index contributed by atoms with van der Waals surface area (Å²) in [5.74, 6) is 0.645. The number of ether oxygens (including phenoxy) is 1. The summed E-state index contributed by atoms with van der Waals surface area (Å²) in [5, 5.41) is 0.719. The smallest absolute Gasteiger partial charge is 0.263 e. The average molecular weight is 473 g/mol. The predicted octanol–water partition coefficient (Wildman–Crippen LogP) is 5.07. The van der Waals surface area contributed by atoms with Gasteiger partial charge in [-0.25, -0.2) is 4.98 Å². The maximum atomic E-state index is 13.0. The SMILES string of the molecule is C[C@@H](Oc1ccc(-c2cnc3ccccc3n2)cc1)C(=O)N1CCN(c2cccc(Cl)c2)CC1. The number of benzene rings is 3. The van der Waals surface area contributed by atoms with Gasteiger partial charge in [-0.2, -0.15) is 0 Å². The van der Waals surface area contributed by atoms with E-state index in [0.717, 1.165) is 46.1 Å². The third-order valence-corrected chi connectivity index (χ3v) is 6.26. The summed E-state index contributed by atoms with van der Waals surface area (Å²) in [6.45, 7) is 4.63. The number of halogens is 1. The quantitative estimate of drug-likeness (QED) is 0.406. The lowest BCUT2D eigenvalue weighted by Crippen LogP contribution is -2.52. The van der Waals surface area contributed by atoms with E-state index in [1.807, 2.05) is 77.7 Å². The minimum absolute atomic E-state index is 0.00443. The molecule has 0 N–H and O–H groups in total. The lowest BCUT2D eigenvalue weighted by molar-refractivity contribution is -0.138. The van der Waals surface area contributed by atoms with Crippen LogP contribution in [0.4, 0.5) is 5.69 Å². The Labute approximate surface area is 203 Å². The van der Waals surface area contributed by atoms with Gasteiger partial charge in [-0.15, -0.1) is 0 Å². The van der Waals surface area contributed by atoms with E-state index in [1.165, 1.54) is 0 Å². The molecule has 5 rings (SSSR count). The fourth-order valence-electron chi connectivity index (χ4n) is 4.17. The second-order valence-corrected chi connectivity index (χ2v) is 8.76. The number of carbonyl (C=O) groups is 1. The minimum atomic E-state index is -0.566. The monoisotopic (exact) mass is 472 g/mol. The predicted molar refractivity (Wildman–Crippen MR) is 135 cm³/mol. The molecular weight excluding hydrogens is 448 g/mol. The Kier molecular flexibility index (Phi) is 6.32. The standard InChI is InChI=1S/C27H25ClN4O2/c1-19(27(33)32-15-13-31(14-16-32)22-6-4-5-21(28)17-22)34-23-11-9-20(10-12-23)26-18-29-24-7-2-3-8-25(24)30-26/h2-12,17-19H,13-16H2,1H3/t19-/m1/s1. The van der Waals surface area contributed by atoms with E-state index >= 15 is 0 Å². The number of hydrogen-bond donors (Lipinski definition) is 0. The zero-order chi connectivity index (χ0) is 23.5. The molecule has 1 aliphatic rings. The zero-order valence-electron chi connectivity index (χ0n) is 18.9. The molecule has 4 aromatic rings. The van der Waals surface area contributed by atoms with Crippen molar-refractivity contribution in [2.75, 3.05) is 31.1 Å². The highest BCUT2D eigenvalue weighted by Gasteiger charge is 2.26. The van der Waals surface area contributed by atoms with Crippen molar-refractivity contribution < 1.29 is 9.53 Å². The number of hydrogen-bond acceptors (Lipinski definition) is 5. The Morgan fingerprint density at radius 2 is 1.68 bits per heavy atom. The normalized spacial score (nSPS) is 14.8. The molecule has 0 bridgehead atoms. The number of carbonyl (C=O) groups excluding carboxylic acids is 1. The van der Waals surface area contributed by atoms with E-state index in [-0.39, 0.29) is 5.91 Å². The number of anilines is 1. The topological polar surface area (TPSA) is 58.6 Å². The van der Waals surface area contributed by atoms with Gasteiger partial charge in [0.2, 0.25) is 0 Å². The van der Waals surface area contributed by atoms with Crippen molar-refractivity contribution in [3.63, 3.8) is 0 Å². The molecular formula is C27H25ClN4O2. The molecule has 0 spiro atoms. The molecule has 3 aromatic carbocycles. The molecule has 0 unspecified atom stereocenters. The van der Waals surface area contributed by atoms with Crippen LogP contribution in [0.1, 0.15) is 6.92 Å². The fourth-order valence-corrected chi connectivity index (χ4v) is 4.35. The van der Waals surface area contributed by atoms with Gasteiger partial charge in [0.05, 0.1) is 22.9 Å². The molecule has 34 heavy (non-hydrogen) atoms. The molecule has 2 heterocycles. The van der Waals surface area contributed by atoms with Gasteiger partial charge in [0.1, 0.15) is 5.75 Å². The van der Waals surface area contributed by atoms with Crippen molar-refractivity contribution >= 4 is 34.2 Å². The van der Waals surface area contributed by atoms with Crippen LogP contribution in [0.3, 0.4) is 0 Å². The van der Waals surface area contributed by atoms with Gasteiger partial charge in [-0.1, -0.05) is 29.8 Å². The first-order valence-corrected chi connectivity index (χ1v) is 11.7. The van der Waals surface area contributed by atoms with Crippen molar-refractivity contribution in [1.29, 1.82) is 0 Å². The molecule has 1 aliphatic heterocycles. The van der Waals surface area contributed by atoms with Crippen LogP contribution in [0.5, 0.6) is 5.75 Å². The van der Waals surface area contributed by atoms with Crippen LogP contribution in [-0.4, -0.2) is 53.1 Å². The van der Waals surface area contributed by atoms with Gasteiger partial charge in [-0.05, 0) is 61.5 Å². The molecule has 6 nitrogen and oxygen atoms in total. The Balaban J connectivity index is 1.18. The summed E-state index contributed by atoms with van der Waals surface area (Å²) in [6, 6.07) is 23.2. The van der Waals surface area contributed by atoms with E-state index in [2.05, 4.69) is 14.9 Å². The van der Waals surface area contributed by atoms with Gasteiger partial charge in [0, 0.05) is 42.5 Å². The summed E-state index contributed by atoms with van der Waals surface area (Å²) in [6.07, 6.45) is 1.21. The number of nitrogens with zero attached hydrogens (tertiary/aromatic N) is 4. The lowest BCUT2D eigenvalue weighted by atomic mass is 10.1. The van der Waals surface area contributed by atoms with Crippen LogP contribution in [0.2, 0.25) is 5.02 Å². The number of fused-ring (bicyclic) bond motifs is 1. The first-order valence-electron chi connectivity index (χ1n) is 11.3. The molecule has 1 fully saturated rings. The second-order valence-electron chi connectivity index (χ2n) is 8.32. The molecule has 7 heteroatoms. The van der Waals surface area contributed by atoms with Gasteiger partial charge in [0.25, 0.3) is 5.91 Å². The Morgan fingerprint density at radius 3 is 2.41 bits per heavy atom. The van der Waals surface area contributed by atoms with Gasteiger partial charge < -0.3 is 14.5 Å². The highest BCUT2D eigenvalue weighted by molar-refractivity contribution is 6.30.